The number of para-hydroxylation sites is 1. The third-order valence-electron chi connectivity index (χ3n) is 12.7. The summed E-state index contributed by atoms with van der Waals surface area (Å²) in [7, 11) is 0. The van der Waals surface area contributed by atoms with Gasteiger partial charge in [-0.1, -0.05) is 166 Å². The van der Waals surface area contributed by atoms with Crippen LogP contribution in [0.4, 0.5) is 0 Å². The first-order chi connectivity index (χ1) is 27.5. The van der Waals surface area contributed by atoms with Gasteiger partial charge in [0.15, 0.2) is 0 Å². The number of hydrogen-bond donors (Lipinski definition) is 0. The second-order valence-corrected chi connectivity index (χ2v) is 16.1. The minimum atomic E-state index is -0.175. The van der Waals surface area contributed by atoms with Crippen LogP contribution in [0.25, 0.3) is 104 Å². The fourth-order valence-corrected chi connectivity index (χ4v) is 10.1. The highest BCUT2D eigenvalue weighted by molar-refractivity contribution is 6.38. The Kier molecular flexibility index (Phi) is 6.46. The molecule has 262 valence electrons. The molecule has 0 saturated carbocycles. The number of rotatable bonds is 3. The number of benzene rings is 10. The molecule has 11 aromatic rings. The van der Waals surface area contributed by atoms with Crippen LogP contribution in [0.3, 0.4) is 0 Å². The van der Waals surface area contributed by atoms with Crippen LogP contribution < -0.4 is 0 Å². The molecule has 0 saturated heterocycles. The number of nitrogens with zero attached hydrogens (tertiary/aromatic N) is 1. The summed E-state index contributed by atoms with van der Waals surface area (Å²) in [6, 6.07) is 70.1. The lowest BCUT2D eigenvalue weighted by Crippen LogP contribution is -2.15. The summed E-state index contributed by atoms with van der Waals surface area (Å²) < 4.78 is 2.55. The summed E-state index contributed by atoms with van der Waals surface area (Å²) in [5.74, 6) is 0. The third-order valence-corrected chi connectivity index (χ3v) is 12.7. The minimum absolute atomic E-state index is 0.175. The molecule has 12 rings (SSSR count). The molecule has 56 heavy (non-hydrogen) atoms. The fourth-order valence-electron chi connectivity index (χ4n) is 10.1. The Morgan fingerprint density at radius 3 is 1.79 bits per heavy atom. The van der Waals surface area contributed by atoms with Crippen LogP contribution in [0.2, 0.25) is 0 Å². The highest BCUT2D eigenvalue weighted by atomic mass is 15.0. The van der Waals surface area contributed by atoms with E-state index in [4.69, 9.17) is 0 Å². The maximum atomic E-state index is 2.55. The second-order valence-electron chi connectivity index (χ2n) is 16.1. The predicted molar refractivity (Wildman–Crippen MR) is 239 cm³/mol. The number of fused-ring (bicyclic) bond motifs is 14. The summed E-state index contributed by atoms with van der Waals surface area (Å²) in [4.78, 5) is 0. The molecule has 0 radical (unpaired) electrons. The molecule has 1 nitrogen and oxygen atoms in total. The Bertz CT molecular complexity index is 3430. The van der Waals surface area contributed by atoms with Crippen molar-refractivity contribution < 1.29 is 0 Å². The molecule has 0 spiro atoms. The van der Waals surface area contributed by atoms with E-state index in [1.165, 1.54) is 115 Å². The van der Waals surface area contributed by atoms with E-state index in [2.05, 4.69) is 206 Å². The van der Waals surface area contributed by atoms with E-state index in [0.717, 1.165) is 0 Å². The quantitative estimate of drug-likeness (QED) is 0.161. The fraction of sp³-hybridized carbons (Fsp3) is 0.0545. The zero-order valence-corrected chi connectivity index (χ0v) is 31.3. The van der Waals surface area contributed by atoms with E-state index in [9.17, 15) is 0 Å². The van der Waals surface area contributed by atoms with Gasteiger partial charge in [0.2, 0.25) is 0 Å². The molecule has 1 aliphatic carbocycles. The van der Waals surface area contributed by atoms with Gasteiger partial charge in [0.25, 0.3) is 0 Å². The van der Waals surface area contributed by atoms with Crippen molar-refractivity contribution in [1.82, 2.24) is 4.57 Å². The highest BCUT2D eigenvalue weighted by Crippen LogP contribution is 2.52. The van der Waals surface area contributed by atoms with E-state index < -0.39 is 0 Å². The predicted octanol–water partition coefficient (Wildman–Crippen LogP) is 15.0. The molecule has 1 heteroatoms. The molecule has 0 bridgehead atoms. The van der Waals surface area contributed by atoms with Crippen LogP contribution in [0.5, 0.6) is 0 Å². The average molecular weight is 712 g/mol. The van der Waals surface area contributed by atoms with Crippen molar-refractivity contribution in [2.75, 3.05) is 0 Å². The molecule has 1 heterocycles. The first-order valence-electron chi connectivity index (χ1n) is 19.7. The topological polar surface area (TPSA) is 4.93 Å². The minimum Gasteiger partial charge on any atom is -0.309 e. The Hall–Kier alpha value is -6.96. The Morgan fingerprint density at radius 1 is 0.357 bits per heavy atom. The van der Waals surface area contributed by atoms with Gasteiger partial charge in [0, 0.05) is 32.6 Å². The van der Waals surface area contributed by atoms with E-state index in [1.54, 1.807) is 0 Å². The first kappa shape index (κ1) is 31.4. The van der Waals surface area contributed by atoms with Crippen molar-refractivity contribution in [2.24, 2.45) is 0 Å². The summed E-state index contributed by atoms with van der Waals surface area (Å²) in [5.41, 5.74) is 14.0. The normalized spacial score (nSPS) is 13.3. The van der Waals surface area contributed by atoms with Gasteiger partial charge in [-0.25, -0.2) is 0 Å². The molecule has 0 amide bonds. The highest BCUT2D eigenvalue weighted by Gasteiger charge is 2.36. The zero-order chi connectivity index (χ0) is 37.1. The number of hydrogen-bond acceptors (Lipinski definition) is 0. The SMILES string of the molecule is CC1(C)c2cc(-c3ccc4ccccc4c3)ccc2-c2ccc(-n3c4ccccc4c4c5c6ccccc6c(-c6ccccc6)cc5c5ccccc5c43)cc21. The van der Waals surface area contributed by atoms with Crippen LogP contribution >= 0.6 is 0 Å². The van der Waals surface area contributed by atoms with Crippen LogP contribution in [-0.4, -0.2) is 4.57 Å². The number of aromatic nitrogens is 1. The molecule has 0 fully saturated rings. The van der Waals surface area contributed by atoms with Crippen molar-refractivity contribution in [3.63, 3.8) is 0 Å². The molecule has 1 aromatic heterocycles. The molecule has 0 aliphatic heterocycles. The maximum absolute atomic E-state index is 2.55. The Labute approximate surface area is 325 Å². The largest absolute Gasteiger partial charge is 0.309 e. The zero-order valence-electron chi connectivity index (χ0n) is 31.3. The molecular formula is C55H37N. The summed E-state index contributed by atoms with van der Waals surface area (Å²) in [6.07, 6.45) is 0. The molecule has 0 atom stereocenters. The van der Waals surface area contributed by atoms with E-state index >= 15 is 0 Å². The van der Waals surface area contributed by atoms with Crippen LogP contribution in [-0.2, 0) is 5.41 Å². The second kappa shape index (κ2) is 11.5. The third kappa shape index (κ3) is 4.31. The summed E-state index contributed by atoms with van der Waals surface area (Å²) in [5, 5.41) is 12.9. The lowest BCUT2D eigenvalue weighted by Gasteiger charge is -2.23. The molecule has 0 unspecified atom stereocenters. The van der Waals surface area contributed by atoms with Gasteiger partial charge in [-0.3, -0.25) is 0 Å². The molecule has 10 aromatic carbocycles. The van der Waals surface area contributed by atoms with Gasteiger partial charge >= 0.3 is 0 Å². The average Bonchev–Trinajstić information content (AvgIpc) is 3.72. The molecular weight excluding hydrogens is 675 g/mol. The van der Waals surface area contributed by atoms with Gasteiger partial charge in [-0.15, -0.1) is 0 Å². The van der Waals surface area contributed by atoms with Crippen molar-refractivity contribution >= 4 is 64.9 Å². The Balaban J connectivity index is 1.12. The monoisotopic (exact) mass is 711 g/mol. The van der Waals surface area contributed by atoms with Crippen molar-refractivity contribution in [3.8, 4) is 39.1 Å². The van der Waals surface area contributed by atoms with Gasteiger partial charge in [-0.2, -0.15) is 0 Å². The Morgan fingerprint density at radius 2 is 0.964 bits per heavy atom. The lowest BCUT2D eigenvalue weighted by atomic mass is 9.81. The summed E-state index contributed by atoms with van der Waals surface area (Å²) >= 11 is 0. The van der Waals surface area contributed by atoms with Gasteiger partial charge in [0.1, 0.15) is 0 Å². The van der Waals surface area contributed by atoms with Gasteiger partial charge in [-0.05, 0) is 113 Å². The van der Waals surface area contributed by atoms with Gasteiger partial charge < -0.3 is 4.57 Å². The van der Waals surface area contributed by atoms with E-state index in [1.807, 2.05) is 0 Å². The first-order valence-corrected chi connectivity index (χ1v) is 19.7. The standard InChI is InChI=1S/C55H37N/c1-55(2)49-31-38(37-25-24-34-14-6-7-17-36(34)30-37)26-28-42(49)43-29-27-39(32-50(43)55)56-51-23-13-12-22-46(51)53-52-44-20-10-8-18-40(44)47(35-15-4-3-5-16-35)33-48(52)41-19-9-11-21-45(41)54(53)56/h3-33H,1-2H3. The lowest BCUT2D eigenvalue weighted by molar-refractivity contribution is 0.660. The van der Waals surface area contributed by atoms with Crippen LogP contribution in [0, 0.1) is 0 Å². The van der Waals surface area contributed by atoms with E-state index in [-0.39, 0.29) is 5.41 Å². The summed E-state index contributed by atoms with van der Waals surface area (Å²) in [6.45, 7) is 4.80. The smallest absolute Gasteiger partial charge is 0.0626 e. The van der Waals surface area contributed by atoms with Crippen molar-refractivity contribution in [2.45, 2.75) is 19.3 Å². The van der Waals surface area contributed by atoms with Crippen molar-refractivity contribution in [1.29, 1.82) is 0 Å². The molecule has 1 aliphatic rings. The van der Waals surface area contributed by atoms with E-state index in [0.29, 0.717) is 0 Å². The van der Waals surface area contributed by atoms with Crippen molar-refractivity contribution in [3.05, 3.63) is 199 Å². The molecule has 0 N–H and O–H groups in total. The maximum Gasteiger partial charge on any atom is 0.0626 e. The van der Waals surface area contributed by atoms with Gasteiger partial charge in [0.05, 0.1) is 11.0 Å². The van der Waals surface area contributed by atoms with Crippen LogP contribution in [0.15, 0.2) is 188 Å². The van der Waals surface area contributed by atoms with Crippen LogP contribution in [0.1, 0.15) is 25.0 Å².